The monoisotopic (exact) mass is 117 g/mol. The Morgan fingerprint density at radius 2 is 1.43 bits per heavy atom. The standard InChI is InChI=1S/2CHO2.Al/c2*2-1-3;/h2*(H,2,3);. The molecule has 0 atom stereocenters. The number of hydrogen-bond acceptors (Lipinski definition) is 2. The highest BCUT2D eigenvalue weighted by Gasteiger charge is 2.10. The van der Waals surface area contributed by atoms with E-state index in [-0.39, 0.29) is 0 Å². The lowest BCUT2D eigenvalue weighted by Crippen LogP contribution is -2.14. The molecule has 4 nitrogen and oxygen atoms in total. The second-order valence-electron chi connectivity index (χ2n) is 0.821. The van der Waals surface area contributed by atoms with E-state index in [0.717, 1.165) is 0 Å². The van der Waals surface area contributed by atoms with E-state index in [0.29, 0.717) is 0 Å². The smallest absolute Gasteiger partial charge is 0.496 e. The van der Waals surface area contributed by atoms with Gasteiger partial charge in [-0.3, -0.25) is 9.59 Å². The summed E-state index contributed by atoms with van der Waals surface area (Å²) in [5.74, 6) is 0. The van der Waals surface area contributed by atoms with Crippen molar-refractivity contribution in [3.63, 3.8) is 0 Å². The van der Waals surface area contributed by atoms with Crippen molar-refractivity contribution in [3.05, 3.63) is 0 Å². The van der Waals surface area contributed by atoms with Gasteiger partial charge in [-0.05, 0) is 0 Å². The molecule has 0 aliphatic carbocycles. The van der Waals surface area contributed by atoms with Gasteiger partial charge in [0.25, 0.3) is 0 Å². The molecule has 0 aliphatic rings. The van der Waals surface area contributed by atoms with Crippen molar-refractivity contribution >= 4 is 24.9 Å². The Kier molecular flexibility index (Phi) is 2.42. The van der Waals surface area contributed by atoms with Crippen molar-refractivity contribution in [2.24, 2.45) is 0 Å². The molecule has 0 heterocycles. The van der Waals surface area contributed by atoms with Gasteiger partial charge in [0.05, 0.1) is 0 Å². The fourth-order valence-corrected chi connectivity index (χ4v) is 0.317. The molecule has 5 heteroatoms. The fourth-order valence-electron chi connectivity index (χ4n) is 0.106. The molecule has 0 saturated heterocycles. The molecule has 0 amide bonds. The zero-order chi connectivity index (χ0) is 5.86. The first kappa shape index (κ1) is 6.47. The zero-order valence-corrected chi connectivity index (χ0v) is 4.44. The van der Waals surface area contributed by atoms with Gasteiger partial charge in [0.1, 0.15) is 0 Å². The minimum atomic E-state index is -1.45. The molecule has 0 aromatic carbocycles. The van der Waals surface area contributed by atoms with Crippen LogP contribution in [0.4, 0.5) is 9.59 Å². The van der Waals surface area contributed by atoms with Gasteiger partial charge in [0, 0.05) is 0 Å². The Morgan fingerprint density at radius 1 is 1.14 bits per heavy atom. The van der Waals surface area contributed by atoms with Crippen LogP contribution in [0.15, 0.2) is 0 Å². The van der Waals surface area contributed by atoms with Crippen LogP contribution in [0.5, 0.6) is 0 Å². The minimum absolute atomic E-state index is 1.23. The molecule has 0 fully saturated rings. The van der Waals surface area contributed by atoms with Gasteiger partial charge in [-0.15, -0.1) is 0 Å². The van der Waals surface area contributed by atoms with Gasteiger partial charge in [0.2, 0.25) is 9.66 Å². The van der Waals surface area contributed by atoms with Crippen LogP contribution in [0.2, 0.25) is 0 Å². The van der Waals surface area contributed by atoms with Crippen molar-refractivity contribution in [2.45, 2.75) is 0 Å². The van der Waals surface area contributed by atoms with Crippen LogP contribution >= 0.6 is 0 Å². The number of carboxylic acid groups (broad SMARTS) is 2. The molecule has 0 unspecified atom stereocenters. The third-order valence-electron chi connectivity index (χ3n) is 0.247. The first-order chi connectivity index (χ1) is 3.13. The lowest BCUT2D eigenvalue weighted by Gasteiger charge is -1.77. The molecule has 1 radical (unpaired) electrons. The molecule has 0 aromatic heterocycles. The summed E-state index contributed by atoms with van der Waals surface area (Å²) in [6.45, 7) is 0. The quantitative estimate of drug-likeness (QED) is 0.501. The van der Waals surface area contributed by atoms with E-state index < -0.39 is 24.9 Å². The first-order valence-electron chi connectivity index (χ1n) is 1.43. The van der Waals surface area contributed by atoms with E-state index in [2.05, 4.69) is 0 Å². The highest BCUT2D eigenvalue weighted by atomic mass is 27.1. The predicted molar refractivity (Wildman–Crippen MR) is 21.8 cm³/mol. The Hall–Kier alpha value is -0.528. The van der Waals surface area contributed by atoms with Crippen molar-refractivity contribution in [1.29, 1.82) is 0 Å². The molecule has 0 rings (SSSR count). The minimum Gasteiger partial charge on any atom is -0.496 e. The average molecular weight is 117 g/mol. The summed E-state index contributed by atoms with van der Waals surface area (Å²) in [6, 6.07) is 0. The second-order valence-corrected chi connectivity index (χ2v) is 2.10. The molecule has 0 aliphatic heterocycles. The molecule has 2 N–H and O–H groups in total. The fraction of sp³-hybridized carbons (Fsp3) is 0. The normalized spacial score (nSPS) is 7.43. The number of rotatable bonds is 2. The van der Waals surface area contributed by atoms with Gasteiger partial charge in [0.15, 0.2) is 0 Å². The molecular weight excluding hydrogens is 115 g/mol. The van der Waals surface area contributed by atoms with Gasteiger partial charge >= 0.3 is 15.2 Å². The van der Waals surface area contributed by atoms with Crippen molar-refractivity contribution < 1.29 is 19.8 Å². The molecule has 37 valence electrons. The van der Waals surface area contributed by atoms with Gasteiger partial charge in [-0.2, -0.15) is 0 Å². The summed E-state index contributed by atoms with van der Waals surface area (Å²) in [5.41, 5.74) is 0. The highest BCUT2D eigenvalue weighted by molar-refractivity contribution is 6.94. The Morgan fingerprint density at radius 3 is 1.43 bits per heavy atom. The summed E-state index contributed by atoms with van der Waals surface area (Å²) in [6.07, 6.45) is 0. The predicted octanol–water partition coefficient (Wildman–Crippen LogP) is 0.0466. The van der Waals surface area contributed by atoms with E-state index in [1.54, 1.807) is 0 Å². The second kappa shape index (κ2) is 2.61. The summed E-state index contributed by atoms with van der Waals surface area (Å²) in [5, 5.41) is 15.5. The van der Waals surface area contributed by atoms with Crippen molar-refractivity contribution in [3.8, 4) is 0 Å². The van der Waals surface area contributed by atoms with E-state index in [1.165, 1.54) is 0 Å². The lowest BCUT2D eigenvalue weighted by atomic mass is 11.5. The Bertz CT molecular complexity index is 85.9. The lowest BCUT2D eigenvalue weighted by molar-refractivity contribution is 0.213. The molecule has 0 aromatic rings. The van der Waals surface area contributed by atoms with E-state index >= 15 is 0 Å². The van der Waals surface area contributed by atoms with Gasteiger partial charge < -0.3 is 10.2 Å². The van der Waals surface area contributed by atoms with Crippen molar-refractivity contribution in [2.75, 3.05) is 0 Å². The van der Waals surface area contributed by atoms with Crippen LogP contribution in [-0.4, -0.2) is 35.1 Å². The van der Waals surface area contributed by atoms with Crippen LogP contribution in [0.25, 0.3) is 0 Å². The molecule has 0 spiro atoms. The van der Waals surface area contributed by atoms with E-state index in [9.17, 15) is 9.59 Å². The Balaban J connectivity index is 3.32. The largest absolute Gasteiger partial charge is 0.560 e. The maximum atomic E-state index is 9.47. The molecule has 7 heavy (non-hydrogen) atoms. The highest BCUT2D eigenvalue weighted by Crippen LogP contribution is 1.65. The van der Waals surface area contributed by atoms with Crippen LogP contribution in [0, 0.1) is 0 Å². The number of hydrogen-bond donors (Lipinski definition) is 2. The SMILES string of the molecule is O=[C](O)[Al][C](=O)O. The van der Waals surface area contributed by atoms with Crippen LogP contribution in [0.3, 0.4) is 0 Å². The molecule has 0 saturated carbocycles. The summed E-state index contributed by atoms with van der Waals surface area (Å²) in [7, 11) is 0. The summed E-state index contributed by atoms with van der Waals surface area (Å²) < 4.78 is 0. The van der Waals surface area contributed by atoms with E-state index in [4.69, 9.17) is 10.2 Å². The van der Waals surface area contributed by atoms with Crippen LogP contribution in [0.1, 0.15) is 0 Å². The third kappa shape index (κ3) is 5.47. The van der Waals surface area contributed by atoms with Gasteiger partial charge in [-0.1, -0.05) is 0 Å². The molecule has 0 bridgehead atoms. The average Bonchev–Trinajstić information content (AvgIpc) is 1.27. The van der Waals surface area contributed by atoms with Crippen LogP contribution in [-0.2, 0) is 0 Å². The maximum Gasteiger partial charge on any atom is 0.560 e. The summed E-state index contributed by atoms with van der Waals surface area (Å²) in [4.78, 5) is 16.5. The van der Waals surface area contributed by atoms with Crippen molar-refractivity contribution in [1.82, 2.24) is 0 Å². The zero-order valence-electron chi connectivity index (χ0n) is 3.29. The topological polar surface area (TPSA) is 74.6 Å². The first-order valence-corrected chi connectivity index (χ1v) is 2.59. The van der Waals surface area contributed by atoms with E-state index in [1.807, 2.05) is 0 Å². The maximum absolute atomic E-state index is 9.47. The van der Waals surface area contributed by atoms with Crippen LogP contribution < -0.4 is 0 Å². The third-order valence-corrected chi connectivity index (χ3v) is 0.741. The summed E-state index contributed by atoms with van der Waals surface area (Å²) >= 11 is -1.45. The Labute approximate surface area is 45.5 Å². The molecular formula is C2H2AlO4. The van der Waals surface area contributed by atoms with Gasteiger partial charge in [-0.25, -0.2) is 0 Å². The number of carbonyl (C=O) groups is 2.